The number of aryl methyl sites for hydroxylation is 1. The van der Waals surface area contributed by atoms with Gasteiger partial charge in [0.1, 0.15) is 5.82 Å². The van der Waals surface area contributed by atoms with E-state index in [1.807, 2.05) is 6.20 Å². The van der Waals surface area contributed by atoms with E-state index in [0.29, 0.717) is 19.6 Å². The van der Waals surface area contributed by atoms with E-state index < -0.39 is 6.10 Å². The van der Waals surface area contributed by atoms with E-state index in [9.17, 15) is 5.11 Å². The Balaban J connectivity index is 2.36. The van der Waals surface area contributed by atoms with E-state index in [-0.39, 0.29) is 0 Å². The van der Waals surface area contributed by atoms with Crippen LogP contribution >= 0.6 is 0 Å². The van der Waals surface area contributed by atoms with Crippen molar-refractivity contribution in [3.63, 3.8) is 0 Å². The van der Waals surface area contributed by atoms with Crippen LogP contribution in [-0.2, 0) is 17.7 Å². The molecule has 0 bridgehead atoms. The topological polar surface area (TPSA) is 47.3 Å². The highest BCUT2D eigenvalue weighted by Gasteiger charge is 2.09. The maximum atomic E-state index is 9.76. The molecule has 92 valence electrons. The second-order valence-corrected chi connectivity index (χ2v) is 3.97. The van der Waals surface area contributed by atoms with Gasteiger partial charge in [-0.05, 0) is 12.8 Å². The van der Waals surface area contributed by atoms with Crippen LogP contribution in [0.5, 0.6) is 0 Å². The Hall–Kier alpha value is -0.870. The lowest BCUT2D eigenvalue weighted by atomic mass is 10.2. The van der Waals surface area contributed by atoms with Gasteiger partial charge in [-0.1, -0.05) is 13.8 Å². The number of aliphatic hydroxyl groups excluding tert-OH is 1. The van der Waals surface area contributed by atoms with Gasteiger partial charge in [0.05, 0.1) is 12.7 Å². The van der Waals surface area contributed by atoms with Gasteiger partial charge in [0, 0.05) is 32.0 Å². The second-order valence-electron chi connectivity index (χ2n) is 3.97. The van der Waals surface area contributed by atoms with Gasteiger partial charge in [-0.15, -0.1) is 0 Å². The molecule has 0 fully saturated rings. The molecular weight excluding hydrogens is 204 g/mol. The molecule has 0 aliphatic carbocycles. The number of aromatic nitrogens is 2. The summed E-state index contributed by atoms with van der Waals surface area (Å²) in [5.74, 6) is 0.939. The molecule has 0 aliphatic heterocycles. The number of ether oxygens (including phenoxy) is 1. The highest BCUT2D eigenvalue weighted by molar-refractivity contribution is 4.94. The van der Waals surface area contributed by atoms with Crippen molar-refractivity contribution in [1.29, 1.82) is 0 Å². The number of imidazole rings is 1. The number of hydrogen-bond acceptors (Lipinski definition) is 3. The first-order valence-corrected chi connectivity index (χ1v) is 6.03. The Bertz CT molecular complexity index is 286. The third-order valence-electron chi connectivity index (χ3n) is 2.34. The second kappa shape index (κ2) is 7.41. The first-order chi connectivity index (χ1) is 7.77. The molecule has 1 atom stereocenters. The molecule has 1 unspecified atom stereocenters. The summed E-state index contributed by atoms with van der Waals surface area (Å²) in [6.45, 7) is 6.25. The van der Waals surface area contributed by atoms with Gasteiger partial charge in [0.15, 0.2) is 0 Å². The average molecular weight is 226 g/mol. The van der Waals surface area contributed by atoms with Crippen LogP contribution in [0.25, 0.3) is 0 Å². The Morgan fingerprint density at radius 2 is 2.25 bits per heavy atom. The van der Waals surface area contributed by atoms with Crippen molar-refractivity contribution >= 4 is 0 Å². The summed E-state index contributed by atoms with van der Waals surface area (Å²) in [7, 11) is 0. The minimum atomic E-state index is -0.454. The van der Waals surface area contributed by atoms with E-state index in [4.69, 9.17) is 4.74 Å². The minimum absolute atomic E-state index is 0.396. The van der Waals surface area contributed by atoms with Gasteiger partial charge in [-0.3, -0.25) is 0 Å². The Labute approximate surface area is 97.3 Å². The summed E-state index contributed by atoms with van der Waals surface area (Å²) in [6.07, 6.45) is 5.91. The zero-order chi connectivity index (χ0) is 11.8. The molecule has 1 aromatic heterocycles. The van der Waals surface area contributed by atoms with Crippen molar-refractivity contribution in [2.24, 2.45) is 0 Å². The summed E-state index contributed by atoms with van der Waals surface area (Å²) in [6, 6.07) is 0. The molecule has 1 rings (SSSR count). The molecule has 0 aliphatic rings. The van der Waals surface area contributed by atoms with Crippen LogP contribution in [0.1, 0.15) is 32.5 Å². The molecule has 0 spiro atoms. The van der Waals surface area contributed by atoms with Gasteiger partial charge in [-0.2, -0.15) is 0 Å². The SMILES string of the molecule is CCCOCC(O)Cc1nccn1CCC. The fourth-order valence-corrected chi connectivity index (χ4v) is 1.61. The maximum absolute atomic E-state index is 9.76. The van der Waals surface area contributed by atoms with Gasteiger partial charge in [-0.25, -0.2) is 4.98 Å². The highest BCUT2D eigenvalue weighted by atomic mass is 16.5. The molecule has 0 saturated carbocycles. The predicted molar refractivity (Wildman–Crippen MR) is 63.3 cm³/mol. The lowest BCUT2D eigenvalue weighted by Gasteiger charge is -2.12. The van der Waals surface area contributed by atoms with Crippen molar-refractivity contribution in [3.05, 3.63) is 18.2 Å². The third-order valence-corrected chi connectivity index (χ3v) is 2.34. The summed E-state index contributed by atoms with van der Waals surface area (Å²) in [5, 5.41) is 9.76. The monoisotopic (exact) mass is 226 g/mol. The van der Waals surface area contributed by atoms with Crippen molar-refractivity contribution < 1.29 is 9.84 Å². The summed E-state index contributed by atoms with van der Waals surface area (Å²) >= 11 is 0. The van der Waals surface area contributed by atoms with Crippen LogP contribution in [0.3, 0.4) is 0 Å². The van der Waals surface area contributed by atoms with Gasteiger partial charge in [0.25, 0.3) is 0 Å². The maximum Gasteiger partial charge on any atom is 0.111 e. The fraction of sp³-hybridized carbons (Fsp3) is 0.750. The van der Waals surface area contributed by atoms with Crippen molar-refractivity contribution in [2.75, 3.05) is 13.2 Å². The third kappa shape index (κ3) is 4.33. The first kappa shape index (κ1) is 13.2. The van der Waals surface area contributed by atoms with E-state index in [2.05, 4.69) is 23.4 Å². The van der Waals surface area contributed by atoms with Crippen LogP contribution in [0.4, 0.5) is 0 Å². The smallest absolute Gasteiger partial charge is 0.111 e. The van der Waals surface area contributed by atoms with Crippen molar-refractivity contribution in [1.82, 2.24) is 9.55 Å². The molecule has 4 heteroatoms. The van der Waals surface area contributed by atoms with E-state index in [0.717, 1.165) is 25.2 Å². The van der Waals surface area contributed by atoms with Crippen LogP contribution in [0.2, 0.25) is 0 Å². The molecule has 0 aromatic carbocycles. The minimum Gasteiger partial charge on any atom is -0.390 e. The number of hydrogen-bond donors (Lipinski definition) is 1. The number of nitrogens with zero attached hydrogens (tertiary/aromatic N) is 2. The molecule has 0 radical (unpaired) electrons. The number of aliphatic hydroxyl groups is 1. The molecule has 16 heavy (non-hydrogen) atoms. The Morgan fingerprint density at radius 1 is 1.44 bits per heavy atom. The van der Waals surface area contributed by atoms with Crippen molar-refractivity contribution in [2.45, 2.75) is 45.8 Å². The molecule has 0 saturated heterocycles. The average Bonchev–Trinajstić information content (AvgIpc) is 2.67. The summed E-state index contributed by atoms with van der Waals surface area (Å²) < 4.78 is 7.39. The fourth-order valence-electron chi connectivity index (χ4n) is 1.61. The standard InChI is InChI=1S/C12H22N2O2/c1-3-6-14-7-5-13-12(14)9-11(15)10-16-8-4-2/h5,7,11,15H,3-4,6,8-10H2,1-2H3. The molecule has 4 nitrogen and oxygen atoms in total. The predicted octanol–water partition coefficient (Wildman–Crippen LogP) is 1.62. The zero-order valence-electron chi connectivity index (χ0n) is 10.2. The largest absolute Gasteiger partial charge is 0.390 e. The summed E-state index contributed by atoms with van der Waals surface area (Å²) in [4.78, 5) is 4.25. The zero-order valence-corrected chi connectivity index (χ0v) is 10.2. The molecule has 1 N–H and O–H groups in total. The summed E-state index contributed by atoms with van der Waals surface area (Å²) in [5.41, 5.74) is 0. The van der Waals surface area contributed by atoms with Crippen LogP contribution < -0.4 is 0 Å². The normalized spacial score (nSPS) is 12.9. The van der Waals surface area contributed by atoms with E-state index in [1.165, 1.54) is 0 Å². The van der Waals surface area contributed by atoms with Gasteiger partial charge < -0.3 is 14.4 Å². The molecule has 1 aromatic rings. The van der Waals surface area contributed by atoms with Gasteiger partial charge in [0.2, 0.25) is 0 Å². The Kier molecular flexibility index (Phi) is 6.11. The number of rotatable bonds is 8. The quantitative estimate of drug-likeness (QED) is 0.685. The Morgan fingerprint density at radius 3 is 2.94 bits per heavy atom. The first-order valence-electron chi connectivity index (χ1n) is 6.03. The molecular formula is C12H22N2O2. The highest BCUT2D eigenvalue weighted by Crippen LogP contribution is 2.04. The lowest BCUT2D eigenvalue weighted by Crippen LogP contribution is -2.20. The molecule has 1 heterocycles. The van der Waals surface area contributed by atoms with E-state index >= 15 is 0 Å². The van der Waals surface area contributed by atoms with Crippen molar-refractivity contribution in [3.8, 4) is 0 Å². The van der Waals surface area contributed by atoms with Crippen LogP contribution in [0, 0.1) is 0 Å². The molecule has 0 amide bonds. The van der Waals surface area contributed by atoms with Crippen LogP contribution in [-0.4, -0.2) is 34.0 Å². The lowest BCUT2D eigenvalue weighted by molar-refractivity contribution is 0.0360. The van der Waals surface area contributed by atoms with Crippen LogP contribution in [0.15, 0.2) is 12.4 Å². The van der Waals surface area contributed by atoms with E-state index in [1.54, 1.807) is 6.20 Å². The van der Waals surface area contributed by atoms with Gasteiger partial charge >= 0.3 is 0 Å².